The number of rotatable bonds is 1. The highest BCUT2D eigenvalue weighted by molar-refractivity contribution is 5.93. The van der Waals surface area contributed by atoms with Crippen molar-refractivity contribution in [3.05, 3.63) is 0 Å². The van der Waals surface area contributed by atoms with Crippen molar-refractivity contribution in [2.45, 2.75) is 12.5 Å². The molecule has 5 N–H and O–H groups in total. The third-order valence-electron chi connectivity index (χ3n) is 1.51. The van der Waals surface area contributed by atoms with Crippen molar-refractivity contribution < 1.29 is 9.53 Å². The van der Waals surface area contributed by atoms with Gasteiger partial charge in [0.1, 0.15) is 0 Å². The number of carbonyl (C=O) groups excluding carboxylic acids is 1. The molecule has 6 heteroatoms. The van der Waals surface area contributed by atoms with Gasteiger partial charge in [0.05, 0.1) is 12.6 Å². The van der Waals surface area contributed by atoms with E-state index >= 15 is 0 Å². The van der Waals surface area contributed by atoms with Gasteiger partial charge in [0.25, 0.3) is 0 Å². The van der Waals surface area contributed by atoms with Crippen LogP contribution in [0.15, 0.2) is 0 Å². The van der Waals surface area contributed by atoms with E-state index in [4.69, 9.17) is 15.9 Å². The third-order valence-corrected chi connectivity index (χ3v) is 1.51. The molecule has 2 amide bonds. The second-order valence-corrected chi connectivity index (χ2v) is 2.57. The lowest BCUT2D eigenvalue weighted by Crippen LogP contribution is -2.46. The van der Waals surface area contributed by atoms with Crippen LogP contribution in [0.3, 0.4) is 0 Å². The number of ether oxygens (including phenoxy) is 1. The van der Waals surface area contributed by atoms with Gasteiger partial charge in [0.15, 0.2) is 5.96 Å². The van der Waals surface area contributed by atoms with E-state index in [-0.39, 0.29) is 12.0 Å². The van der Waals surface area contributed by atoms with Crippen LogP contribution in [0.5, 0.6) is 0 Å². The Hall–Kier alpha value is -1.30. The van der Waals surface area contributed by atoms with Gasteiger partial charge in [0, 0.05) is 6.61 Å². The summed E-state index contributed by atoms with van der Waals surface area (Å²) in [6, 6.07) is -0.401. The zero-order chi connectivity index (χ0) is 8.97. The summed E-state index contributed by atoms with van der Waals surface area (Å²) in [5, 5.41) is 11.5. The summed E-state index contributed by atoms with van der Waals surface area (Å²) < 4.78 is 5.04. The van der Waals surface area contributed by atoms with Gasteiger partial charge in [-0.05, 0) is 6.42 Å². The number of hydrogen-bond acceptors (Lipinski definition) is 3. The van der Waals surface area contributed by atoms with Crippen LogP contribution in [0.1, 0.15) is 6.42 Å². The SMILES string of the molecule is N=C(N)NC(=O)NC1CCOC1. The van der Waals surface area contributed by atoms with Crippen LogP contribution in [0.4, 0.5) is 4.79 Å². The molecule has 1 aliphatic rings. The molecule has 1 saturated heterocycles. The van der Waals surface area contributed by atoms with Gasteiger partial charge in [-0.1, -0.05) is 0 Å². The molecule has 0 aromatic carbocycles. The lowest BCUT2D eigenvalue weighted by Gasteiger charge is -2.10. The zero-order valence-electron chi connectivity index (χ0n) is 6.59. The zero-order valence-corrected chi connectivity index (χ0v) is 6.59. The molecule has 12 heavy (non-hydrogen) atoms. The number of urea groups is 1. The first-order valence-corrected chi connectivity index (χ1v) is 3.68. The minimum absolute atomic E-state index is 0.0457. The van der Waals surface area contributed by atoms with E-state index < -0.39 is 6.03 Å². The van der Waals surface area contributed by atoms with Crippen LogP contribution < -0.4 is 16.4 Å². The fraction of sp³-hybridized carbons (Fsp3) is 0.667. The standard InChI is InChI=1S/C6H12N4O2/c7-5(8)10-6(11)9-4-1-2-12-3-4/h4H,1-3H2,(H5,7,8,9,10,11). The number of amides is 2. The average molecular weight is 172 g/mol. The van der Waals surface area contributed by atoms with E-state index in [0.29, 0.717) is 13.2 Å². The molecule has 1 heterocycles. The summed E-state index contributed by atoms with van der Waals surface area (Å²) in [7, 11) is 0. The van der Waals surface area contributed by atoms with Crippen LogP contribution in [-0.4, -0.2) is 31.2 Å². The van der Waals surface area contributed by atoms with E-state index in [1.807, 2.05) is 0 Å². The van der Waals surface area contributed by atoms with Gasteiger partial charge >= 0.3 is 6.03 Å². The Balaban J connectivity index is 2.20. The minimum Gasteiger partial charge on any atom is -0.379 e. The summed E-state index contributed by atoms with van der Waals surface area (Å²) in [5.41, 5.74) is 4.95. The monoisotopic (exact) mass is 172 g/mol. The summed E-state index contributed by atoms with van der Waals surface area (Å²) in [6.45, 7) is 1.20. The summed E-state index contributed by atoms with van der Waals surface area (Å²) in [6.07, 6.45) is 0.811. The predicted octanol–water partition coefficient (Wildman–Crippen LogP) is -1.03. The number of hydrogen-bond donors (Lipinski definition) is 4. The quantitative estimate of drug-likeness (QED) is 0.300. The van der Waals surface area contributed by atoms with Crippen molar-refractivity contribution in [3.63, 3.8) is 0 Å². The highest BCUT2D eigenvalue weighted by atomic mass is 16.5. The first-order valence-electron chi connectivity index (χ1n) is 3.68. The van der Waals surface area contributed by atoms with Gasteiger partial charge in [0.2, 0.25) is 0 Å². The molecule has 1 atom stereocenters. The van der Waals surface area contributed by atoms with Crippen LogP contribution >= 0.6 is 0 Å². The van der Waals surface area contributed by atoms with Gasteiger partial charge in [-0.15, -0.1) is 0 Å². The Kier molecular flexibility index (Phi) is 2.87. The first kappa shape index (κ1) is 8.79. The Morgan fingerprint density at radius 3 is 2.92 bits per heavy atom. The molecule has 1 rings (SSSR count). The van der Waals surface area contributed by atoms with Crippen molar-refractivity contribution in [3.8, 4) is 0 Å². The van der Waals surface area contributed by atoms with Crippen molar-refractivity contribution in [1.82, 2.24) is 10.6 Å². The normalized spacial score (nSPS) is 21.8. The van der Waals surface area contributed by atoms with E-state index in [1.165, 1.54) is 0 Å². The van der Waals surface area contributed by atoms with Crippen LogP contribution in [0.2, 0.25) is 0 Å². The smallest absolute Gasteiger partial charge is 0.321 e. The number of guanidine groups is 1. The molecule has 0 aromatic heterocycles. The fourth-order valence-corrected chi connectivity index (χ4v) is 0.992. The van der Waals surface area contributed by atoms with Gasteiger partial charge < -0.3 is 15.8 Å². The van der Waals surface area contributed by atoms with Crippen LogP contribution in [0.25, 0.3) is 0 Å². The van der Waals surface area contributed by atoms with Gasteiger partial charge in [-0.3, -0.25) is 10.7 Å². The molecular formula is C6H12N4O2. The second-order valence-electron chi connectivity index (χ2n) is 2.57. The number of nitrogens with one attached hydrogen (secondary N) is 3. The molecule has 0 aliphatic carbocycles. The lowest BCUT2D eigenvalue weighted by molar-refractivity contribution is 0.189. The maximum Gasteiger partial charge on any atom is 0.321 e. The van der Waals surface area contributed by atoms with E-state index in [0.717, 1.165) is 6.42 Å². The first-order chi connectivity index (χ1) is 5.68. The summed E-state index contributed by atoms with van der Waals surface area (Å²) in [5.74, 6) is -0.355. The maximum absolute atomic E-state index is 10.9. The predicted molar refractivity (Wildman–Crippen MR) is 42.8 cm³/mol. The Bertz CT molecular complexity index is 188. The molecule has 0 radical (unpaired) electrons. The number of nitrogens with two attached hydrogens (primary N) is 1. The molecule has 0 saturated carbocycles. The highest BCUT2D eigenvalue weighted by Gasteiger charge is 2.17. The second kappa shape index (κ2) is 3.91. The molecule has 1 fully saturated rings. The fourth-order valence-electron chi connectivity index (χ4n) is 0.992. The average Bonchev–Trinajstić information content (AvgIpc) is 2.37. The minimum atomic E-state index is -0.446. The Labute approximate surface area is 70.0 Å². The highest BCUT2D eigenvalue weighted by Crippen LogP contribution is 2.02. The molecule has 1 unspecified atom stereocenters. The largest absolute Gasteiger partial charge is 0.379 e. The molecule has 0 bridgehead atoms. The Morgan fingerprint density at radius 2 is 2.42 bits per heavy atom. The molecule has 6 nitrogen and oxygen atoms in total. The topological polar surface area (TPSA) is 100 Å². The molecule has 0 aromatic rings. The Morgan fingerprint density at radius 1 is 1.67 bits per heavy atom. The van der Waals surface area contributed by atoms with E-state index in [2.05, 4.69) is 10.6 Å². The van der Waals surface area contributed by atoms with E-state index in [1.54, 1.807) is 0 Å². The number of carbonyl (C=O) groups is 1. The molecule has 1 aliphatic heterocycles. The van der Waals surface area contributed by atoms with E-state index in [9.17, 15) is 4.79 Å². The van der Waals surface area contributed by atoms with Crippen molar-refractivity contribution in [1.29, 1.82) is 5.41 Å². The van der Waals surface area contributed by atoms with Crippen LogP contribution in [-0.2, 0) is 4.74 Å². The summed E-state index contributed by atoms with van der Waals surface area (Å²) in [4.78, 5) is 10.9. The van der Waals surface area contributed by atoms with Crippen molar-refractivity contribution in [2.75, 3.05) is 13.2 Å². The lowest BCUT2D eigenvalue weighted by atomic mass is 10.3. The van der Waals surface area contributed by atoms with Crippen molar-refractivity contribution >= 4 is 12.0 Å². The third kappa shape index (κ3) is 2.75. The van der Waals surface area contributed by atoms with Gasteiger partial charge in [-0.25, -0.2) is 4.79 Å². The molecular weight excluding hydrogens is 160 g/mol. The van der Waals surface area contributed by atoms with Crippen molar-refractivity contribution in [2.24, 2.45) is 5.73 Å². The summed E-state index contributed by atoms with van der Waals surface area (Å²) >= 11 is 0. The molecule has 68 valence electrons. The van der Waals surface area contributed by atoms with Gasteiger partial charge in [-0.2, -0.15) is 0 Å². The van der Waals surface area contributed by atoms with Crippen LogP contribution in [0, 0.1) is 5.41 Å². The molecule has 0 spiro atoms. The maximum atomic E-state index is 10.9.